The van der Waals surface area contributed by atoms with Crippen molar-refractivity contribution in [1.29, 1.82) is 0 Å². The number of fused-ring (bicyclic) bond motifs is 1. The molecule has 1 saturated carbocycles. The maximum atomic E-state index is 14.6. The summed E-state index contributed by atoms with van der Waals surface area (Å²) in [5, 5.41) is 5.01. The van der Waals surface area contributed by atoms with Crippen LogP contribution >= 0.6 is 0 Å². The summed E-state index contributed by atoms with van der Waals surface area (Å²) in [6.07, 6.45) is 4.18. The first kappa shape index (κ1) is 20.4. The number of anilines is 1. The van der Waals surface area contributed by atoms with Crippen molar-refractivity contribution in [1.82, 2.24) is 0 Å². The Kier molecular flexibility index (Phi) is 5.76. The Bertz CT molecular complexity index is 1060. The average molecular weight is 406 g/mol. The van der Waals surface area contributed by atoms with Crippen molar-refractivity contribution in [2.24, 2.45) is 0 Å². The van der Waals surface area contributed by atoms with Gasteiger partial charge in [0.2, 0.25) is 5.91 Å². The number of carbonyl (C=O) groups is 1. The van der Waals surface area contributed by atoms with Gasteiger partial charge in [-0.2, -0.15) is 0 Å². The number of rotatable bonds is 6. The molecule has 1 atom stereocenters. The number of amides is 1. The van der Waals surface area contributed by atoms with Gasteiger partial charge in [-0.3, -0.25) is 4.79 Å². The number of hydrogen-bond acceptors (Lipinski definition) is 2. The lowest BCUT2D eigenvalue weighted by Gasteiger charge is -2.29. The standard InChI is InChI=1S/C26H28FNO2/c1-3-18(2)30-24-15-14-23(19-10-4-5-11-20(19)24)28-25(29)26(16-8-9-17-26)21-12-6-7-13-22(21)27/h4-7,10-15,18H,3,8-9,16-17H2,1-2H3,(H,28,29)/t18-/m1/s1. The molecule has 1 amide bonds. The quantitative estimate of drug-likeness (QED) is 0.501. The minimum absolute atomic E-state index is 0.108. The number of halogens is 1. The molecule has 0 aromatic heterocycles. The number of carbonyl (C=O) groups excluding carboxylic acids is 1. The van der Waals surface area contributed by atoms with E-state index in [1.165, 1.54) is 6.07 Å². The molecular formula is C26H28FNO2. The van der Waals surface area contributed by atoms with Crippen molar-refractivity contribution in [2.75, 3.05) is 5.32 Å². The van der Waals surface area contributed by atoms with Crippen LogP contribution in [0.3, 0.4) is 0 Å². The van der Waals surface area contributed by atoms with Crippen LogP contribution in [-0.4, -0.2) is 12.0 Å². The molecule has 3 nitrogen and oxygen atoms in total. The molecule has 0 aliphatic heterocycles. The molecule has 0 spiro atoms. The molecule has 1 N–H and O–H groups in total. The highest BCUT2D eigenvalue weighted by atomic mass is 19.1. The van der Waals surface area contributed by atoms with Crippen molar-refractivity contribution >= 4 is 22.4 Å². The average Bonchev–Trinajstić information content (AvgIpc) is 3.26. The maximum Gasteiger partial charge on any atom is 0.235 e. The van der Waals surface area contributed by atoms with Gasteiger partial charge in [0.05, 0.1) is 11.5 Å². The van der Waals surface area contributed by atoms with Gasteiger partial charge in [-0.1, -0.05) is 62.2 Å². The van der Waals surface area contributed by atoms with Crippen LogP contribution in [0.4, 0.5) is 10.1 Å². The highest BCUT2D eigenvalue weighted by Gasteiger charge is 2.44. The summed E-state index contributed by atoms with van der Waals surface area (Å²) < 4.78 is 20.7. The summed E-state index contributed by atoms with van der Waals surface area (Å²) in [6, 6.07) is 18.4. The van der Waals surface area contributed by atoms with Crippen LogP contribution in [0.5, 0.6) is 5.75 Å². The van der Waals surface area contributed by atoms with Crippen molar-refractivity contribution in [3.63, 3.8) is 0 Å². The third kappa shape index (κ3) is 3.67. The summed E-state index contributed by atoms with van der Waals surface area (Å²) in [7, 11) is 0. The first-order valence-electron chi connectivity index (χ1n) is 10.8. The second kappa shape index (κ2) is 8.47. The number of ether oxygens (including phenoxy) is 1. The van der Waals surface area contributed by atoms with E-state index >= 15 is 0 Å². The Morgan fingerprint density at radius 3 is 2.40 bits per heavy atom. The highest BCUT2D eigenvalue weighted by Crippen LogP contribution is 2.43. The van der Waals surface area contributed by atoms with Crippen molar-refractivity contribution in [3.05, 3.63) is 72.0 Å². The lowest BCUT2D eigenvalue weighted by molar-refractivity contribution is -0.121. The van der Waals surface area contributed by atoms with E-state index in [1.807, 2.05) is 49.4 Å². The minimum atomic E-state index is -0.821. The van der Waals surface area contributed by atoms with E-state index in [-0.39, 0.29) is 17.8 Å². The Morgan fingerprint density at radius 1 is 1.03 bits per heavy atom. The Labute approximate surface area is 177 Å². The first-order chi connectivity index (χ1) is 14.5. The van der Waals surface area contributed by atoms with E-state index < -0.39 is 5.41 Å². The molecule has 1 aliphatic carbocycles. The lowest BCUT2D eigenvalue weighted by Crippen LogP contribution is -2.38. The van der Waals surface area contributed by atoms with E-state index in [2.05, 4.69) is 12.2 Å². The van der Waals surface area contributed by atoms with Crippen molar-refractivity contribution in [2.45, 2.75) is 57.5 Å². The van der Waals surface area contributed by atoms with Crippen molar-refractivity contribution in [3.8, 4) is 5.75 Å². The summed E-state index contributed by atoms with van der Waals surface area (Å²) in [4.78, 5) is 13.5. The molecule has 4 heteroatoms. The van der Waals surface area contributed by atoms with Crippen LogP contribution in [0.2, 0.25) is 0 Å². The predicted octanol–water partition coefficient (Wildman–Crippen LogP) is 6.61. The number of nitrogens with one attached hydrogen (secondary N) is 1. The third-order valence-electron chi connectivity index (χ3n) is 6.32. The van der Waals surface area contributed by atoms with Crippen molar-refractivity contribution < 1.29 is 13.9 Å². The van der Waals surface area contributed by atoms with Gasteiger partial charge < -0.3 is 10.1 Å². The van der Waals surface area contributed by atoms with Crippen LogP contribution in [-0.2, 0) is 10.2 Å². The summed E-state index contributed by atoms with van der Waals surface area (Å²) in [6.45, 7) is 4.13. The summed E-state index contributed by atoms with van der Waals surface area (Å²) >= 11 is 0. The zero-order valence-corrected chi connectivity index (χ0v) is 17.6. The minimum Gasteiger partial charge on any atom is -0.490 e. The monoisotopic (exact) mass is 405 g/mol. The van der Waals surface area contributed by atoms with Gasteiger partial charge in [0.25, 0.3) is 0 Å². The van der Waals surface area contributed by atoms with Gasteiger partial charge in [0, 0.05) is 22.0 Å². The zero-order valence-electron chi connectivity index (χ0n) is 17.6. The fraction of sp³-hybridized carbons (Fsp3) is 0.346. The van der Waals surface area contributed by atoms with Gasteiger partial charge in [-0.15, -0.1) is 0 Å². The second-order valence-corrected chi connectivity index (χ2v) is 8.22. The molecular weight excluding hydrogens is 377 g/mol. The molecule has 0 heterocycles. The van der Waals surface area contributed by atoms with Crippen LogP contribution in [0.15, 0.2) is 60.7 Å². The third-order valence-corrected chi connectivity index (χ3v) is 6.32. The van der Waals surface area contributed by atoms with Gasteiger partial charge in [0.1, 0.15) is 11.6 Å². The zero-order chi connectivity index (χ0) is 21.1. The fourth-order valence-electron chi connectivity index (χ4n) is 4.47. The second-order valence-electron chi connectivity index (χ2n) is 8.22. The molecule has 1 aliphatic rings. The Balaban J connectivity index is 1.71. The molecule has 0 saturated heterocycles. The lowest BCUT2D eigenvalue weighted by atomic mass is 9.77. The van der Waals surface area contributed by atoms with E-state index in [0.29, 0.717) is 18.4 Å². The van der Waals surface area contributed by atoms with E-state index in [9.17, 15) is 9.18 Å². The predicted molar refractivity (Wildman–Crippen MR) is 120 cm³/mol. The number of benzene rings is 3. The van der Waals surface area contributed by atoms with Crippen LogP contribution in [0, 0.1) is 5.82 Å². The largest absolute Gasteiger partial charge is 0.490 e. The molecule has 1 fully saturated rings. The van der Waals surface area contributed by atoms with Gasteiger partial charge in [0.15, 0.2) is 0 Å². The summed E-state index contributed by atoms with van der Waals surface area (Å²) in [5.74, 6) is 0.366. The van der Waals surface area contributed by atoms with Gasteiger partial charge in [-0.25, -0.2) is 4.39 Å². The fourth-order valence-corrected chi connectivity index (χ4v) is 4.47. The first-order valence-corrected chi connectivity index (χ1v) is 10.8. The van der Waals surface area contributed by atoms with Crippen LogP contribution in [0.1, 0.15) is 51.5 Å². The van der Waals surface area contributed by atoms with E-state index in [1.54, 1.807) is 12.1 Å². The van der Waals surface area contributed by atoms with E-state index in [4.69, 9.17) is 4.74 Å². The normalized spacial score (nSPS) is 16.4. The molecule has 0 bridgehead atoms. The Hall–Kier alpha value is -2.88. The molecule has 0 unspecified atom stereocenters. The molecule has 3 aromatic carbocycles. The maximum absolute atomic E-state index is 14.6. The molecule has 0 radical (unpaired) electrons. The highest BCUT2D eigenvalue weighted by molar-refractivity contribution is 6.07. The topological polar surface area (TPSA) is 38.3 Å². The molecule has 4 rings (SSSR count). The molecule has 30 heavy (non-hydrogen) atoms. The molecule has 3 aromatic rings. The van der Waals surface area contributed by atoms with Gasteiger partial charge in [-0.05, 0) is 44.4 Å². The Morgan fingerprint density at radius 2 is 1.70 bits per heavy atom. The van der Waals surface area contributed by atoms with Crippen LogP contribution < -0.4 is 10.1 Å². The molecule has 156 valence electrons. The SMILES string of the molecule is CC[C@@H](C)Oc1ccc(NC(=O)C2(c3ccccc3F)CCCC2)c2ccccc12. The van der Waals surface area contributed by atoms with Gasteiger partial charge >= 0.3 is 0 Å². The summed E-state index contributed by atoms with van der Waals surface area (Å²) in [5.41, 5.74) is 0.411. The van der Waals surface area contributed by atoms with Crippen LogP contribution in [0.25, 0.3) is 10.8 Å². The van der Waals surface area contributed by atoms with E-state index in [0.717, 1.165) is 41.5 Å². The number of hydrogen-bond donors (Lipinski definition) is 1. The smallest absolute Gasteiger partial charge is 0.235 e.